The van der Waals surface area contributed by atoms with Gasteiger partial charge in [0.15, 0.2) is 0 Å². The average molecular weight is 417 g/mol. The highest BCUT2D eigenvalue weighted by atomic mass is 35.5. The lowest BCUT2D eigenvalue weighted by molar-refractivity contribution is 0.208. The number of rotatable bonds is 4. The van der Waals surface area contributed by atoms with Crippen LogP contribution in [0.1, 0.15) is 29.9 Å². The van der Waals surface area contributed by atoms with Crippen molar-refractivity contribution in [3.05, 3.63) is 75.5 Å². The van der Waals surface area contributed by atoms with E-state index >= 15 is 0 Å². The Bertz CT molecular complexity index is 1000. The summed E-state index contributed by atoms with van der Waals surface area (Å²) in [6.07, 6.45) is 0. The Hall–Kier alpha value is -2.50. The van der Waals surface area contributed by atoms with Gasteiger partial charge in [0.05, 0.1) is 28.8 Å². The Labute approximate surface area is 174 Å². The lowest BCUT2D eigenvalue weighted by Gasteiger charge is -2.26. The minimum absolute atomic E-state index is 0.227. The fourth-order valence-electron chi connectivity index (χ4n) is 3.06. The maximum atomic E-state index is 12.9. The average Bonchev–Trinajstić information content (AvgIpc) is 2.95. The van der Waals surface area contributed by atoms with E-state index in [1.165, 1.54) is 0 Å². The van der Waals surface area contributed by atoms with E-state index in [1.54, 1.807) is 24.1 Å². The molecule has 3 aromatic rings. The van der Waals surface area contributed by atoms with Crippen molar-refractivity contribution in [3.63, 3.8) is 0 Å². The molecule has 1 atom stereocenters. The van der Waals surface area contributed by atoms with Crippen LogP contribution in [0, 0.1) is 13.8 Å². The van der Waals surface area contributed by atoms with Crippen molar-refractivity contribution in [2.24, 2.45) is 0 Å². The zero-order valence-electron chi connectivity index (χ0n) is 16.2. The molecule has 0 spiro atoms. The molecule has 0 saturated heterocycles. The van der Waals surface area contributed by atoms with Crippen LogP contribution in [0.5, 0.6) is 0 Å². The van der Waals surface area contributed by atoms with E-state index in [-0.39, 0.29) is 12.1 Å². The summed E-state index contributed by atoms with van der Waals surface area (Å²) in [5.41, 5.74) is 4.09. The summed E-state index contributed by atoms with van der Waals surface area (Å²) in [6.45, 7) is 5.73. The molecule has 0 saturated carbocycles. The Morgan fingerprint density at radius 2 is 1.82 bits per heavy atom. The van der Waals surface area contributed by atoms with Gasteiger partial charge in [-0.1, -0.05) is 47.5 Å². The van der Waals surface area contributed by atoms with Gasteiger partial charge in [-0.25, -0.2) is 9.48 Å². The van der Waals surface area contributed by atoms with E-state index in [0.29, 0.717) is 15.7 Å². The van der Waals surface area contributed by atoms with Gasteiger partial charge >= 0.3 is 6.03 Å². The minimum atomic E-state index is -0.239. The number of amides is 2. The van der Waals surface area contributed by atoms with Gasteiger partial charge in [-0.3, -0.25) is 0 Å². The van der Waals surface area contributed by atoms with Crippen LogP contribution in [0.4, 0.5) is 10.5 Å². The van der Waals surface area contributed by atoms with E-state index in [1.807, 2.05) is 61.9 Å². The second kappa shape index (κ2) is 8.25. The largest absolute Gasteiger partial charge is 0.322 e. The van der Waals surface area contributed by atoms with Crippen LogP contribution in [0.3, 0.4) is 0 Å². The zero-order valence-corrected chi connectivity index (χ0v) is 17.7. The number of nitrogens with one attached hydrogen (secondary N) is 1. The van der Waals surface area contributed by atoms with Crippen molar-refractivity contribution in [2.45, 2.75) is 26.8 Å². The lowest BCUT2D eigenvalue weighted by atomic mass is 10.1. The lowest BCUT2D eigenvalue weighted by Crippen LogP contribution is -2.34. The predicted octanol–water partition coefficient (Wildman–Crippen LogP) is 6.02. The van der Waals surface area contributed by atoms with Crippen LogP contribution >= 0.6 is 23.2 Å². The molecule has 0 aliphatic heterocycles. The first-order chi connectivity index (χ1) is 13.3. The van der Waals surface area contributed by atoms with E-state index in [9.17, 15) is 4.79 Å². The van der Waals surface area contributed by atoms with E-state index in [4.69, 9.17) is 23.2 Å². The highest BCUT2D eigenvalue weighted by Crippen LogP contribution is 2.30. The minimum Gasteiger partial charge on any atom is -0.321 e. The number of benzene rings is 2. The van der Waals surface area contributed by atoms with Crippen LogP contribution in [0.2, 0.25) is 10.0 Å². The van der Waals surface area contributed by atoms with Gasteiger partial charge in [0.1, 0.15) is 0 Å². The third-order valence-corrected chi connectivity index (χ3v) is 5.40. The molecular weight excluding hydrogens is 395 g/mol. The number of aromatic nitrogens is 2. The molecule has 2 amide bonds. The molecule has 1 aromatic heterocycles. The van der Waals surface area contributed by atoms with E-state index in [2.05, 4.69) is 10.4 Å². The number of para-hydroxylation sites is 1. The summed E-state index contributed by atoms with van der Waals surface area (Å²) < 4.78 is 1.82. The fourth-order valence-corrected chi connectivity index (χ4v) is 3.63. The molecule has 0 aliphatic carbocycles. The maximum absolute atomic E-state index is 12.9. The van der Waals surface area contributed by atoms with Crippen molar-refractivity contribution in [1.29, 1.82) is 0 Å². The SMILES string of the molecule is Cc1nn(-c2ccccc2)c(C)c1NC(=O)N(C)C(C)c1ccc(Cl)cc1Cl. The number of carbonyl (C=O) groups is 1. The molecule has 28 heavy (non-hydrogen) atoms. The Morgan fingerprint density at radius 1 is 1.14 bits per heavy atom. The molecule has 146 valence electrons. The predicted molar refractivity (Wildman–Crippen MR) is 115 cm³/mol. The Kier molecular flexibility index (Phi) is 5.96. The molecule has 0 aliphatic rings. The van der Waals surface area contributed by atoms with Crippen molar-refractivity contribution in [1.82, 2.24) is 14.7 Å². The van der Waals surface area contributed by atoms with Gasteiger partial charge in [-0.05, 0) is 50.6 Å². The first kappa shape index (κ1) is 20.2. The number of halogens is 2. The first-order valence-electron chi connectivity index (χ1n) is 8.90. The molecule has 5 nitrogen and oxygen atoms in total. The molecule has 1 unspecified atom stereocenters. The third kappa shape index (κ3) is 4.01. The molecule has 0 radical (unpaired) electrons. The molecular formula is C21H22Cl2N4O. The second-order valence-corrected chi connectivity index (χ2v) is 7.52. The number of anilines is 1. The van der Waals surface area contributed by atoms with E-state index in [0.717, 1.165) is 22.6 Å². The second-order valence-electron chi connectivity index (χ2n) is 6.68. The van der Waals surface area contributed by atoms with Gasteiger partial charge in [0.2, 0.25) is 0 Å². The standard InChI is InChI=1S/C21H22Cl2N4O/c1-13-20(15(3)27(25-13)17-8-6-5-7-9-17)24-21(28)26(4)14(2)18-11-10-16(22)12-19(18)23/h5-12,14H,1-4H3,(H,24,28). The topological polar surface area (TPSA) is 50.2 Å². The highest BCUT2D eigenvalue weighted by molar-refractivity contribution is 6.35. The quantitative estimate of drug-likeness (QED) is 0.564. The number of carbonyl (C=O) groups excluding carboxylic acids is 1. The van der Waals surface area contributed by atoms with Gasteiger partial charge in [0.25, 0.3) is 0 Å². The van der Waals surface area contributed by atoms with Gasteiger partial charge < -0.3 is 10.2 Å². The van der Waals surface area contributed by atoms with Crippen LogP contribution in [-0.4, -0.2) is 27.8 Å². The zero-order chi connectivity index (χ0) is 20.4. The summed E-state index contributed by atoms with van der Waals surface area (Å²) in [7, 11) is 1.73. The fraction of sp³-hybridized carbons (Fsp3) is 0.238. The number of nitrogens with zero attached hydrogens (tertiary/aromatic N) is 3. The van der Waals surface area contributed by atoms with Gasteiger partial charge in [-0.2, -0.15) is 5.10 Å². The summed E-state index contributed by atoms with van der Waals surface area (Å²) >= 11 is 12.3. The number of aryl methyl sites for hydroxylation is 1. The van der Waals surface area contributed by atoms with Gasteiger partial charge in [0, 0.05) is 17.1 Å². The number of hydrogen-bond donors (Lipinski definition) is 1. The molecule has 2 aromatic carbocycles. The smallest absolute Gasteiger partial charge is 0.321 e. The van der Waals surface area contributed by atoms with E-state index < -0.39 is 0 Å². The third-order valence-electron chi connectivity index (χ3n) is 4.84. The molecule has 0 bridgehead atoms. The van der Waals surface area contributed by atoms with Crippen molar-refractivity contribution in [3.8, 4) is 5.69 Å². The summed E-state index contributed by atoms with van der Waals surface area (Å²) in [5, 5.41) is 8.65. The van der Waals surface area contributed by atoms with Crippen LogP contribution in [-0.2, 0) is 0 Å². The van der Waals surface area contributed by atoms with Crippen molar-refractivity contribution >= 4 is 34.9 Å². The molecule has 1 heterocycles. The van der Waals surface area contributed by atoms with Crippen LogP contribution < -0.4 is 5.32 Å². The van der Waals surface area contributed by atoms with Gasteiger partial charge in [-0.15, -0.1) is 0 Å². The van der Waals surface area contributed by atoms with Crippen LogP contribution in [0.15, 0.2) is 48.5 Å². The summed E-state index contributed by atoms with van der Waals surface area (Å²) in [4.78, 5) is 14.5. The maximum Gasteiger partial charge on any atom is 0.322 e. The number of urea groups is 1. The Balaban J connectivity index is 1.82. The molecule has 1 N–H and O–H groups in total. The molecule has 7 heteroatoms. The van der Waals surface area contributed by atoms with Crippen LogP contribution in [0.25, 0.3) is 5.69 Å². The summed E-state index contributed by atoms with van der Waals surface area (Å²) in [5.74, 6) is 0. The number of hydrogen-bond acceptors (Lipinski definition) is 2. The van der Waals surface area contributed by atoms with Crippen molar-refractivity contribution < 1.29 is 4.79 Å². The summed E-state index contributed by atoms with van der Waals surface area (Å²) in [6, 6.07) is 14.6. The highest BCUT2D eigenvalue weighted by Gasteiger charge is 2.22. The first-order valence-corrected chi connectivity index (χ1v) is 9.65. The van der Waals surface area contributed by atoms with Crippen molar-refractivity contribution in [2.75, 3.05) is 12.4 Å². The molecule has 0 fully saturated rings. The normalized spacial score (nSPS) is 11.9. The Morgan fingerprint density at radius 3 is 2.46 bits per heavy atom. The molecule has 3 rings (SSSR count). The monoisotopic (exact) mass is 416 g/mol.